The SMILES string of the molecule is CC(C)C[C@H](NC(=O)[C@H](CO)NC(=O)CNC(=O)[C@H](C)NC(=O)[C@H](CO)NC(=O)[C@H](CO)NC(=O)CI)C(=O)N[C@H]1Cc2ccccc2N([C@@H](CC(=O)NO)C(=O)O)C1=O. The molecule has 1 aliphatic rings. The number of carboxylic acids is 1. The number of para-hydroxylation sites is 1. The minimum absolute atomic E-state index is 0.00303. The Morgan fingerprint density at radius 2 is 1.27 bits per heavy atom. The molecule has 332 valence electrons. The highest BCUT2D eigenvalue weighted by molar-refractivity contribution is 14.1. The van der Waals surface area contributed by atoms with Crippen LogP contribution in [0.5, 0.6) is 0 Å². The molecule has 1 aliphatic heterocycles. The third kappa shape index (κ3) is 14.9. The number of rotatable bonds is 23. The zero-order valence-electron chi connectivity index (χ0n) is 32.7. The summed E-state index contributed by atoms with van der Waals surface area (Å²) in [5.41, 5.74) is 1.94. The number of carboxylic acid groups (broad SMARTS) is 1. The van der Waals surface area contributed by atoms with Gasteiger partial charge in [-0.3, -0.25) is 53.3 Å². The Hall–Kier alpha value is -5.51. The number of aliphatic hydroxyl groups excluding tert-OH is 3. The second-order valence-electron chi connectivity index (χ2n) is 13.8. The lowest BCUT2D eigenvalue weighted by molar-refractivity contribution is -0.143. The van der Waals surface area contributed by atoms with Gasteiger partial charge in [-0.25, -0.2) is 10.3 Å². The lowest BCUT2D eigenvalue weighted by atomic mass is 9.94. The summed E-state index contributed by atoms with van der Waals surface area (Å²) in [6.45, 7) is 1.17. The molecule has 0 bridgehead atoms. The standard InChI is InChI=1S/C35H50IN9O15/c1-16(2)8-19(30(53)42-20-9-18-6-4-5-7-24(18)45(34(20)57)25(35(58)59)10-26(49)44-60)41-32(55)22(14-47)40-28(51)12-37-29(52)17(3)38-31(54)23(15-48)43-33(56)21(13-46)39-27(50)11-36/h4-7,16-17,19-23,25,46-48,60H,8-15H2,1-3H3,(H,37,52)(H,38,54)(H,39,50)(H,40,51)(H,41,55)(H,42,53)(H,43,56)(H,44,49)(H,58,59)/t17-,19-,20-,21-,22-,23-,25-/m0/s1. The molecular weight excluding hydrogens is 913 g/mol. The van der Waals surface area contributed by atoms with Crippen molar-refractivity contribution >= 4 is 87.4 Å². The van der Waals surface area contributed by atoms with Gasteiger partial charge in [0.2, 0.25) is 47.3 Å². The molecule has 0 saturated heterocycles. The number of halogens is 1. The number of nitrogens with zero attached hydrogens (tertiary/aromatic N) is 1. The van der Waals surface area contributed by atoms with E-state index in [4.69, 9.17) is 5.21 Å². The van der Waals surface area contributed by atoms with Crippen LogP contribution in [0.4, 0.5) is 5.69 Å². The smallest absolute Gasteiger partial charge is 0.327 e. The molecule has 13 N–H and O–H groups in total. The lowest BCUT2D eigenvalue weighted by Crippen LogP contribution is -2.61. The van der Waals surface area contributed by atoms with Crippen LogP contribution in [-0.4, -0.2) is 158 Å². The molecule has 0 unspecified atom stereocenters. The monoisotopic (exact) mass is 963 g/mol. The first kappa shape index (κ1) is 50.6. The van der Waals surface area contributed by atoms with Gasteiger partial charge in [0.05, 0.1) is 37.2 Å². The van der Waals surface area contributed by atoms with E-state index in [-0.39, 0.29) is 28.9 Å². The summed E-state index contributed by atoms with van der Waals surface area (Å²) in [7, 11) is 0. The zero-order chi connectivity index (χ0) is 45.3. The number of hydrogen-bond donors (Lipinski definition) is 13. The molecular formula is C35H50IN9O15. The second-order valence-corrected chi connectivity index (χ2v) is 14.6. The molecule has 24 nitrogen and oxygen atoms in total. The molecule has 2 rings (SSSR count). The Kier molecular flexibility index (Phi) is 20.7. The van der Waals surface area contributed by atoms with E-state index >= 15 is 0 Å². The molecule has 25 heteroatoms. The predicted octanol–water partition coefficient (Wildman–Crippen LogP) is -5.57. The van der Waals surface area contributed by atoms with Gasteiger partial charge < -0.3 is 57.6 Å². The first-order valence-electron chi connectivity index (χ1n) is 18.3. The number of carbonyl (C=O) groups excluding carboxylic acids is 9. The van der Waals surface area contributed by atoms with Crippen molar-refractivity contribution in [2.45, 2.75) is 82.3 Å². The van der Waals surface area contributed by atoms with E-state index in [1.54, 1.807) is 48.6 Å². The summed E-state index contributed by atoms with van der Waals surface area (Å²) in [5.74, 6) is -10.2. The van der Waals surface area contributed by atoms with Crippen molar-refractivity contribution in [1.82, 2.24) is 42.7 Å². The van der Waals surface area contributed by atoms with Gasteiger partial charge in [0.25, 0.3) is 5.91 Å². The van der Waals surface area contributed by atoms with Gasteiger partial charge >= 0.3 is 5.97 Å². The minimum Gasteiger partial charge on any atom is -0.480 e. The van der Waals surface area contributed by atoms with Crippen LogP contribution in [-0.2, 0) is 54.4 Å². The number of hydroxylamine groups is 1. The highest BCUT2D eigenvalue weighted by Gasteiger charge is 2.42. The normalized spacial score (nSPS) is 16.3. The van der Waals surface area contributed by atoms with Gasteiger partial charge in [0.15, 0.2) is 0 Å². The molecule has 0 aliphatic carbocycles. The molecule has 7 atom stereocenters. The van der Waals surface area contributed by atoms with Crippen LogP contribution in [0.2, 0.25) is 0 Å². The van der Waals surface area contributed by atoms with Crippen molar-refractivity contribution in [3.8, 4) is 0 Å². The number of amides is 9. The number of aliphatic carboxylic acids is 1. The average Bonchev–Trinajstić information content (AvgIpc) is 3.21. The van der Waals surface area contributed by atoms with Crippen LogP contribution in [0, 0.1) is 5.92 Å². The molecule has 0 fully saturated rings. The summed E-state index contributed by atoms with van der Waals surface area (Å²) >= 11 is 1.73. The third-order valence-electron chi connectivity index (χ3n) is 8.75. The van der Waals surface area contributed by atoms with E-state index in [0.717, 1.165) is 4.90 Å². The number of benzene rings is 1. The highest BCUT2D eigenvalue weighted by atomic mass is 127. The van der Waals surface area contributed by atoms with Crippen LogP contribution >= 0.6 is 22.6 Å². The predicted molar refractivity (Wildman–Crippen MR) is 213 cm³/mol. The first-order valence-corrected chi connectivity index (χ1v) is 19.9. The van der Waals surface area contributed by atoms with E-state index in [9.17, 15) is 68.4 Å². The van der Waals surface area contributed by atoms with Crippen LogP contribution in [0.3, 0.4) is 0 Å². The Balaban J connectivity index is 2.07. The number of carbonyl (C=O) groups is 10. The summed E-state index contributed by atoms with van der Waals surface area (Å²) in [6.07, 6.45) is -0.921. The maximum atomic E-state index is 13.7. The van der Waals surface area contributed by atoms with Gasteiger partial charge in [-0.2, -0.15) is 0 Å². The molecule has 1 aromatic carbocycles. The summed E-state index contributed by atoms with van der Waals surface area (Å²) in [6, 6.07) is -4.32. The molecule has 1 aromatic rings. The fourth-order valence-electron chi connectivity index (χ4n) is 5.74. The molecule has 0 radical (unpaired) electrons. The maximum absolute atomic E-state index is 13.7. The Labute approximate surface area is 356 Å². The van der Waals surface area contributed by atoms with E-state index in [1.165, 1.54) is 24.5 Å². The topological polar surface area (TPSA) is 371 Å². The molecule has 0 spiro atoms. The molecule has 0 aromatic heterocycles. The average molecular weight is 964 g/mol. The molecule has 60 heavy (non-hydrogen) atoms. The van der Waals surface area contributed by atoms with Crippen LogP contribution in [0.1, 0.15) is 39.2 Å². The van der Waals surface area contributed by atoms with Gasteiger partial charge in [-0.1, -0.05) is 54.6 Å². The van der Waals surface area contributed by atoms with Gasteiger partial charge in [-0.15, -0.1) is 0 Å². The van der Waals surface area contributed by atoms with E-state index in [2.05, 4.69) is 37.2 Å². The Morgan fingerprint density at radius 3 is 1.80 bits per heavy atom. The lowest BCUT2D eigenvalue weighted by Gasteiger charge is -2.38. The van der Waals surface area contributed by atoms with E-state index < -0.39 is 134 Å². The number of hydrogen-bond acceptors (Lipinski definition) is 14. The van der Waals surface area contributed by atoms with Gasteiger partial charge in [0, 0.05) is 12.1 Å². The fraction of sp³-hybridized carbons (Fsp3) is 0.543. The zero-order valence-corrected chi connectivity index (χ0v) is 34.9. The second kappa shape index (κ2) is 24.5. The van der Waals surface area contributed by atoms with Crippen molar-refractivity contribution in [3.05, 3.63) is 29.8 Å². The van der Waals surface area contributed by atoms with Crippen molar-refractivity contribution in [1.29, 1.82) is 0 Å². The maximum Gasteiger partial charge on any atom is 0.327 e. The molecule has 9 amide bonds. The van der Waals surface area contributed by atoms with Gasteiger partial charge in [0.1, 0.15) is 42.3 Å². The third-order valence-corrected chi connectivity index (χ3v) is 9.44. The van der Waals surface area contributed by atoms with Crippen LogP contribution in [0.15, 0.2) is 24.3 Å². The Bertz CT molecular complexity index is 1770. The largest absolute Gasteiger partial charge is 0.480 e. The van der Waals surface area contributed by atoms with Crippen molar-refractivity contribution in [2.75, 3.05) is 35.7 Å². The van der Waals surface area contributed by atoms with E-state index in [0.29, 0.717) is 5.56 Å². The number of nitrogens with one attached hydrogen (secondary N) is 8. The fourth-order valence-corrected chi connectivity index (χ4v) is 5.96. The summed E-state index contributed by atoms with van der Waals surface area (Å²) in [4.78, 5) is 128. The van der Waals surface area contributed by atoms with E-state index in [1.807, 2.05) is 0 Å². The van der Waals surface area contributed by atoms with Crippen molar-refractivity contribution < 1.29 is 73.6 Å². The van der Waals surface area contributed by atoms with Crippen LogP contribution < -0.4 is 47.6 Å². The first-order chi connectivity index (χ1) is 28.3. The summed E-state index contributed by atoms with van der Waals surface area (Å²) in [5, 5.41) is 63.8. The summed E-state index contributed by atoms with van der Waals surface area (Å²) < 4.78 is -0.0262. The highest BCUT2D eigenvalue weighted by Crippen LogP contribution is 2.31. The van der Waals surface area contributed by atoms with Crippen molar-refractivity contribution in [2.24, 2.45) is 5.92 Å². The number of alkyl halides is 1. The van der Waals surface area contributed by atoms with Crippen LogP contribution in [0.25, 0.3) is 0 Å². The van der Waals surface area contributed by atoms with Gasteiger partial charge in [-0.05, 0) is 30.9 Å². The molecule has 0 saturated carbocycles. The molecule has 1 heterocycles. The van der Waals surface area contributed by atoms with Crippen molar-refractivity contribution in [3.63, 3.8) is 0 Å². The number of anilines is 1. The number of fused-ring (bicyclic) bond motifs is 1. The number of aliphatic hydroxyl groups is 3. The minimum atomic E-state index is -1.77. The Morgan fingerprint density at radius 1 is 0.733 bits per heavy atom. The quantitative estimate of drug-likeness (QED) is 0.0211.